The minimum atomic E-state index is -2.43. The predicted molar refractivity (Wildman–Crippen MR) is 245 cm³/mol. The zero-order valence-corrected chi connectivity index (χ0v) is 40.6. The zero-order valence-electron chi connectivity index (χ0n) is 40.6. The molecule has 1 amide bonds. The molecule has 14 nitrogen and oxygen atoms in total. The van der Waals surface area contributed by atoms with Gasteiger partial charge in [-0.15, -0.1) is 0 Å². The van der Waals surface area contributed by atoms with E-state index in [1.807, 2.05) is 58.1 Å². The monoisotopic (exact) mass is 914 g/mol. The third-order valence-corrected chi connectivity index (χ3v) is 14.5. The second kappa shape index (κ2) is 25.1. The molecule has 2 bridgehead atoms. The molecule has 1 saturated carbocycles. The third kappa shape index (κ3) is 14.3. The van der Waals surface area contributed by atoms with Gasteiger partial charge in [-0.05, 0) is 107 Å². The quantitative estimate of drug-likeness (QED) is 0.156. The lowest BCUT2D eigenvalue weighted by atomic mass is 9.78. The Morgan fingerprint density at radius 3 is 2.25 bits per heavy atom. The largest absolute Gasteiger partial charge is 0.460 e. The second-order valence-corrected chi connectivity index (χ2v) is 19.6. The van der Waals surface area contributed by atoms with Crippen molar-refractivity contribution in [3.8, 4) is 0 Å². The summed E-state index contributed by atoms with van der Waals surface area (Å²) in [6, 6.07) is -1.14. The van der Waals surface area contributed by atoms with E-state index in [4.69, 9.17) is 23.7 Å². The fraction of sp³-hybridized carbons (Fsp3) is 0.745. The molecule has 2 saturated heterocycles. The Labute approximate surface area is 387 Å². The van der Waals surface area contributed by atoms with Crippen LogP contribution < -0.4 is 0 Å². The molecule has 3 fully saturated rings. The number of carbonyl (C=O) groups excluding carboxylic acids is 5. The van der Waals surface area contributed by atoms with Crippen molar-refractivity contribution >= 4 is 29.2 Å². The Morgan fingerprint density at radius 2 is 1.57 bits per heavy atom. The van der Waals surface area contributed by atoms with Gasteiger partial charge in [0.1, 0.15) is 30.1 Å². The molecule has 6 unspecified atom stereocenters. The molecule has 4 aliphatic rings. The van der Waals surface area contributed by atoms with E-state index >= 15 is 0 Å². The number of carbonyl (C=O) groups is 5. The number of piperidine rings is 1. The molecule has 0 aromatic heterocycles. The van der Waals surface area contributed by atoms with Crippen molar-refractivity contribution in [2.24, 2.45) is 35.5 Å². The van der Waals surface area contributed by atoms with Gasteiger partial charge in [-0.2, -0.15) is 0 Å². The molecule has 65 heavy (non-hydrogen) atoms. The predicted octanol–water partition coefficient (Wildman–Crippen LogP) is 6.18. The van der Waals surface area contributed by atoms with E-state index in [0.717, 1.165) is 12.0 Å². The van der Waals surface area contributed by atoms with Gasteiger partial charge in [-0.25, -0.2) is 4.79 Å². The molecular weight excluding hydrogens is 835 g/mol. The lowest BCUT2D eigenvalue weighted by molar-refractivity contribution is -0.265. The number of hydrogen-bond donors (Lipinski definition) is 3. The van der Waals surface area contributed by atoms with Crippen LogP contribution in [0.15, 0.2) is 47.6 Å². The smallest absolute Gasteiger partial charge is 0.329 e. The molecule has 3 heterocycles. The van der Waals surface area contributed by atoms with Gasteiger partial charge in [0, 0.05) is 58.5 Å². The van der Waals surface area contributed by atoms with Crippen LogP contribution in [-0.2, 0) is 47.7 Å². The minimum Gasteiger partial charge on any atom is -0.460 e. The first-order valence-electron chi connectivity index (χ1n) is 23.9. The lowest BCUT2D eigenvalue weighted by Gasteiger charge is -2.42. The van der Waals surface area contributed by atoms with Crippen molar-refractivity contribution < 1.29 is 63.0 Å². The maximum absolute atomic E-state index is 14.4. The summed E-state index contributed by atoms with van der Waals surface area (Å²) < 4.78 is 29.4. The van der Waals surface area contributed by atoms with Crippen molar-refractivity contribution in [2.75, 3.05) is 27.9 Å². The summed E-state index contributed by atoms with van der Waals surface area (Å²) in [5.41, 5.74) is 1.27. The fourth-order valence-corrected chi connectivity index (χ4v) is 10.1. The molecule has 1 aliphatic carbocycles. The number of fused-ring (bicyclic) bond motifs is 3. The van der Waals surface area contributed by atoms with Gasteiger partial charge in [0.2, 0.25) is 5.79 Å². The summed E-state index contributed by atoms with van der Waals surface area (Å²) in [6.07, 6.45) is 11.2. The Hall–Kier alpha value is -3.37. The number of amides is 1. The molecule has 0 radical (unpaired) electrons. The van der Waals surface area contributed by atoms with E-state index < -0.39 is 83.9 Å². The van der Waals surface area contributed by atoms with Gasteiger partial charge in [-0.1, -0.05) is 71.1 Å². The number of Topliss-reactive ketones (excluding diaryl/α,β-unsaturated/α-hetero) is 3. The number of nitrogens with zero attached hydrogens (tertiary/aromatic N) is 1. The molecule has 0 spiro atoms. The lowest BCUT2D eigenvalue weighted by Crippen LogP contribution is -2.61. The van der Waals surface area contributed by atoms with Crippen LogP contribution in [0.2, 0.25) is 0 Å². The van der Waals surface area contributed by atoms with Crippen LogP contribution in [0, 0.1) is 35.5 Å². The molecule has 14 heteroatoms. The number of cyclic esters (lactones) is 1. The first-order chi connectivity index (χ1) is 30.7. The standard InChI is InChI=1S/C51H79NO13/c1-30-16-12-11-13-17-31(2)42(61-8)28-38-21-19-36(7)51(60,65-38)48(57)49(58)52-23-15-14-18-39(52)50(59)64-43(33(4)26-37-20-22-40(53)44(27-37)62-9)29-41(54)32(3)25-35(6)46(56)47(63-10)45(55)34(5)24-30/h11-13,16-17,25,30,32-34,36-40,42-44,46-47,53,56,60H,14-15,18-24,26-29H2,1-10H3/b13-11+,16-12+,31-17+,35-25+/t30-,32?,33-,34-,36-,37+,38?,39+,40-,42?,43+,44?,46?,47?,51-/m1/s1. The van der Waals surface area contributed by atoms with E-state index in [1.54, 1.807) is 41.1 Å². The number of methoxy groups -OCH3 is 3. The van der Waals surface area contributed by atoms with Gasteiger partial charge < -0.3 is 43.9 Å². The van der Waals surface area contributed by atoms with E-state index in [0.29, 0.717) is 63.4 Å². The highest BCUT2D eigenvalue weighted by atomic mass is 16.6. The minimum absolute atomic E-state index is 0.0193. The molecule has 4 rings (SSSR count). The average Bonchev–Trinajstić information content (AvgIpc) is 3.28. The maximum atomic E-state index is 14.4. The number of aliphatic hydroxyl groups is 3. The number of aliphatic hydroxyl groups excluding tert-OH is 2. The highest BCUT2D eigenvalue weighted by molar-refractivity contribution is 6.39. The van der Waals surface area contributed by atoms with Crippen LogP contribution in [0.5, 0.6) is 0 Å². The topological polar surface area (TPSA) is 195 Å². The third-order valence-electron chi connectivity index (χ3n) is 14.5. The fourth-order valence-electron chi connectivity index (χ4n) is 10.1. The summed E-state index contributed by atoms with van der Waals surface area (Å²) in [5, 5.41) is 33.8. The van der Waals surface area contributed by atoms with Gasteiger partial charge in [0.15, 0.2) is 5.78 Å². The molecular formula is C51H79NO13. The highest BCUT2D eigenvalue weighted by Crippen LogP contribution is 2.38. The summed E-state index contributed by atoms with van der Waals surface area (Å²) in [7, 11) is 4.52. The van der Waals surface area contributed by atoms with Crippen LogP contribution in [0.25, 0.3) is 0 Å². The average molecular weight is 914 g/mol. The van der Waals surface area contributed by atoms with Crippen molar-refractivity contribution in [1.82, 2.24) is 4.90 Å². The van der Waals surface area contributed by atoms with E-state index in [9.17, 15) is 39.3 Å². The van der Waals surface area contributed by atoms with Crippen LogP contribution in [-0.4, -0.2) is 132 Å². The number of allylic oxidation sites excluding steroid dienone is 6. The van der Waals surface area contributed by atoms with Gasteiger partial charge in [0.25, 0.3) is 11.7 Å². The Balaban J connectivity index is 1.70. The number of hydrogen-bond acceptors (Lipinski definition) is 13. The van der Waals surface area contributed by atoms with E-state index in [2.05, 4.69) is 0 Å². The van der Waals surface area contributed by atoms with Crippen molar-refractivity contribution in [3.05, 3.63) is 47.6 Å². The normalized spacial score (nSPS) is 40.4. The number of ether oxygens (including phenoxy) is 5. The van der Waals surface area contributed by atoms with E-state index in [-0.39, 0.29) is 54.8 Å². The maximum Gasteiger partial charge on any atom is 0.329 e. The highest BCUT2D eigenvalue weighted by Gasteiger charge is 2.53. The second-order valence-electron chi connectivity index (χ2n) is 19.6. The summed E-state index contributed by atoms with van der Waals surface area (Å²) in [5.74, 6) is -7.96. The Morgan fingerprint density at radius 1 is 0.846 bits per heavy atom. The first-order valence-corrected chi connectivity index (χ1v) is 23.9. The SMILES string of the molecule is COC1CC2CC[C@@H](C)[C@@](O)(O2)C(=O)C(=O)N2CCCC[C@H]2C(=O)O[C@H]([C@H](C)C[C@@H]2CC[C@@H](O)C(OC)C2)CC(=O)C(C)/C=C(\C)C(O)C(OC)C(=O)[C@H](C)C[C@H](C)/C=C/C=C/C=C/1C. The molecule has 366 valence electrons. The zero-order chi connectivity index (χ0) is 48.2. The van der Waals surface area contributed by atoms with Crippen molar-refractivity contribution in [3.63, 3.8) is 0 Å². The first kappa shape index (κ1) is 54.2. The van der Waals surface area contributed by atoms with Crippen LogP contribution in [0.3, 0.4) is 0 Å². The molecule has 15 atom stereocenters. The molecule has 3 N–H and O–H groups in total. The van der Waals surface area contributed by atoms with Crippen molar-refractivity contribution in [1.29, 1.82) is 0 Å². The molecule has 0 aromatic carbocycles. The van der Waals surface area contributed by atoms with E-state index in [1.165, 1.54) is 12.0 Å². The molecule has 0 aromatic rings. The number of ketones is 3. The Bertz CT molecular complexity index is 1760. The van der Waals surface area contributed by atoms with Gasteiger partial charge in [0.05, 0.1) is 24.4 Å². The summed E-state index contributed by atoms with van der Waals surface area (Å²) in [6.45, 7) is 12.7. The number of rotatable bonds is 6. The van der Waals surface area contributed by atoms with Crippen LogP contribution >= 0.6 is 0 Å². The van der Waals surface area contributed by atoms with Crippen LogP contribution in [0.4, 0.5) is 0 Å². The van der Waals surface area contributed by atoms with Gasteiger partial charge >= 0.3 is 5.97 Å². The summed E-state index contributed by atoms with van der Waals surface area (Å²) in [4.78, 5) is 71.8. The van der Waals surface area contributed by atoms with Gasteiger partial charge in [-0.3, -0.25) is 19.2 Å². The van der Waals surface area contributed by atoms with Crippen molar-refractivity contribution in [2.45, 2.75) is 180 Å². The Kier molecular flexibility index (Phi) is 21.0. The number of esters is 1. The molecule has 3 aliphatic heterocycles. The summed E-state index contributed by atoms with van der Waals surface area (Å²) >= 11 is 0. The van der Waals surface area contributed by atoms with Crippen LogP contribution in [0.1, 0.15) is 126 Å².